The number of ketones is 2. The van der Waals surface area contributed by atoms with Gasteiger partial charge in [-0.3, -0.25) is 9.59 Å². The van der Waals surface area contributed by atoms with Crippen LogP contribution in [0.25, 0.3) is 41.7 Å². The summed E-state index contributed by atoms with van der Waals surface area (Å²) in [5.74, 6) is 0.0250. The summed E-state index contributed by atoms with van der Waals surface area (Å²) in [5, 5.41) is 6.89. The smallest absolute Gasteiger partial charge is 0.159 e. The monoisotopic (exact) mass is 420 g/mol. The molecule has 0 saturated heterocycles. The van der Waals surface area contributed by atoms with Gasteiger partial charge in [-0.1, -0.05) is 61.7 Å². The van der Waals surface area contributed by atoms with Gasteiger partial charge >= 0.3 is 0 Å². The normalized spacial score (nSPS) is 11.4. The van der Waals surface area contributed by atoms with E-state index in [1.165, 1.54) is 32.3 Å². The van der Waals surface area contributed by atoms with Crippen molar-refractivity contribution in [2.75, 3.05) is 0 Å². The van der Waals surface area contributed by atoms with E-state index in [0.29, 0.717) is 12.8 Å². The molecule has 150 valence electrons. The third kappa shape index (κ3) is 3.28. The van der Waals surface area contributed by atoms with Crippen molar-refractivity contribution in [2.24, 2.45) is 0 Å². The number of hydrogen-bond acceptors (Lipinski definition) is 3. The van der Waals surface area contributed by atoms with Gasteiger partial charge in [0.1, 0.15) is 0 Å². The summed E-state index contributed by atoms with van der Waals surface area (Å²) in [6, 6.07) is 20.9. The van der Waals surface area contributed by atoms with Crippen molar-refractivity contribution >= 4 is 64.6 Å². The fourth-order valence-corrected chi connectivity index (χ4v) is 5.57. The van der Waals surface area contributed by atoms with Crippen molar-refractivity contribution in [1.29, 1.82) is 0 Å². The summed E-state index contributed by atoms with van der Waals surface area (Å²) >= 11 is 1.78. The molecule has 0 unspecified atom stereocenters. The maximum absolute atomic E-state index is 12.2. The Morgan fingerprint density at radius 1 is 0.774 bits per heavy atom. The fourth-order valence-electron chi connectivity index (χ4n) is 4.33. The van der Waals surface area contributed by atoms with Crippen LogP contribution in [0.5, 0.6) is 0 Å². The second kappa shape index (κ2) is 7.60. The predicted molar refractivity (Wildman–Crippen MR) is 132 cm³/mol. The summed E-state index contributed by atoms with van der Waals surface area (Å²) < 4.78 is 2.42. The van der Waals surface area contributed by atoms with Gasteiger partial charge in [-0.2, -0.15) is 0 Å². The van der Waals surface area contributed by atoms with Crippen LogP contribution in [0.1, 0.15) is 11.1 Å². The van der Waals surface area contributed by atoms with Gasteiger partial charge in [0.2, 0.25) is 0 Å². The summed E-state index contributed by atoms with van der Waals surface area (Å²) in [4.78, 5) is 24.1. The summed E-state index contributed by atoms with van der Waals surface area (Å²) in [6.45, 7) is 7.23. The average Bonchev–Trinajstić information content (AvgIpc) is 3.18. The van der Waals surface area contributed by atoms with Crippen molar-refractivity contribution in [1.82, 2.24) is 0 Å². The van der Waals surface area contributed by atoms with E-state index >= 15 is 0 Å². The quantitative estimate of drug-likeness (QED) is 0.278. The molecule has 1 heterocycles. The first-order chi connectivity index (χ1) is 15.1. The highest BCUT2D eigenvalue weighted by atomic mass is 32.1. The van der Waals surface area contributed by atoms with E-state index in [2.05, 4.69) is 55.6 Å². The number of hydrogen-bond donors (Lipinski definition) is 0. The molecule has 5 aromatic rings. The molecule has 0 aliphatic rings. The van der Waals surface area contributed by atoms with Gasteiger partial charge in [0.05, 0.1) is 0 Å². The molecular formula is C28H20O2S. The van der Waals surface area contributed by atoms with E-state index in [-0.39, 0.29) is 11.6 Å². The molecule has 4 aromatic carbocycles. The predicted octanol–water partition coefficient (Wildman–Crippen LogP) is 6.96. The Balaban J connectivity index is 1.87. The Morgan fingerprint density at radius 3 is 2.26 bits per heavy atom. The van der Waals surface area contributed by atoms with Gasteiger partial charge in [0.15, 0.2) is 11.6 Å². The SMILES string of the molecule is C=CC(=O)Cc1ccc2ccc3sc4c5ccccc5c(CC(=O)C=C)cc4c3c2c1. The Morgan fingerprint density at radius 2 is 1.48 bits per heavy atom. The van der Waals surface area contributed by atoms with Crippen LogP contribution in [0.15, 0.2) is 86.0 Å². The molecule has 31 heavy (non-hydrogen) atoms. The van der Waals surface area contributed by atoms with Crippen molar-refractivity contribution in [3.05, 3.63) is 97.1 Å². The van der Waals surface area contributed by atoms with E-state index in [4.69, 9.17) is 0 Å². The van der Waals surface area contributed by atoms with Gasteiger partial charge in [0, 0.05) is 33.0 Å². The zero-order valence-corrected chi connectivity index (χ0v) is 17.8. The second-order valence-electron chi connectivity index (χ2n) is 7.75. The lowest BCUT2D eigenvalue weighted by Crippen LogP contribution is -1.99. The third-order valence-corrected chi connectivity index (χ3v) is 7.01. The lowest BCUT2D eigenvalue weighted by Gasteiger charge is -2.08. The molecule has 0 aliphatic carbocycles. The van der Waals surface area contributed by atoms with Crippen LogP contribution in [0.2, 0.25) is 0 Å². The largest absolute Gasteiger partial charge is 0.295 e. The molecule has 0 aliphatic heterocycles. The highest BCUT2D eigenvalue weighted by molar-refractivity contribution is 7.26. The number of fused-ring (bicyclic) bond motifs is 7. The lowest BCUT2D eigenvalue weighted by atomic mass is 9.95. The highest BCUT2D eigenvalue weighted by Gasteiger charge is 2.15. The molecule has 0 spiro atoms. The van der Waals surface area contributed by atoms with E-state index < -0.39 is 0 Å². The molecule has 0 atom stereocenters. The Bertz CT molecular complexity index is 1550. The maximum atomic E-state index is 12.2. The van der Waals surface area contributed by atoms with E-state index in [0.717, 1.165) is 32.7 Å². The summed E-state index contributed by atoms with van der Waals surface area (Å²) in [7, 11) is 0. The number of thiophene rings is 1. The van der Waals surface area contributed by atoms with Gasteiger partial charge < -0.3 is 0 Å². The first kappa shape index (κ1) is 19.4. The van der Waals surface area contributed by atoms with E-state index in [1.807, 2.05) is 18.2 Å². The minimum absolute atomic E-state index is 0.0120. The zero-order valence-electron chi connectivity index (χ0n) is 17.0. The Labute approximate surface area is 184 Å². The van der Waals surface area contributed by atoms with Crippen LogP contribution < -0.4 is 0 Å². The Kier molecular flexibility index (Phi) is 4.76. The van der Waals surface area contributed by atoms with Gasteiger partial charge in [-0.15, -0.1) is 11.3 Å². The molecule has 1 aromatic heterocycles. The van der Waals surface area contributed by atoms with Crippen LogP contribution in [0.4, 0.5) is 0 Å². The number of rotatable bonds is 6. The molecule has 0 amide bonds. The second-order valence-corrected chi connectivity index (χ2v) is 8.80. The minimum Gasteiger partial charge on any atom is -0.295 e. The summed E-state index contributed by atoms with van der Waals surface area (Å²) in [5.41, 5.74) is 2.00. The molecule has 0 bridgehead atoms. The number of carbonyl (C=O) groups is 2. The summed E-state index contributed by atoms with van der Waals surface area (Å²) in [6.07, 6.45) is 3.45. The van der Waals surface area contributed by atoms with Crippen LogP contribution in [-0.4, -0.2) is 11.6 Å². The molecule has 0 radical (unpaired) electrons. The number of benzene rings is 4. The number of allylic oxidation sites excluding steroid dienone is 2. The van der Waals surface area contributed by atoms with Crippen LogP contribution in [-0.2, 0) is 22.4 Å². The highest BCUT2D eigenvalue weighted by Crippen LogP contribution is 2.43. The van der Waals surface area contributed by atoms with Crippen LogP contribution >= 0.6 is 11.3 Å². The van der Waals surface area contributed by atoms with Crippen LogP contribution in [0, 0.1) is 0 Å². The van der Waals surface area contributed by atoms with Gasteiger partial charge in [-0.25, -0.2) is 0 Å². The van der Waals surface area contributed by atoms with Crippen molar-refractivity contribution in [3.63, 3.8) is 0 Å². The van der Waals surface area contributed by atoms with Crippen molar-refractivity contribution < 1.29 is 9.59 Å². The fraction of sp³-hybridized carbons (Fsp3) is 0.0714. The number of carbonyl (C=O) groups excluding carboxylic acids is 2. The van der Waals surface area contributed by atoms with E-state index in [1.54, 1.807) is 11.3 Å². The lowest BCUT2D eigenvalue weighted by molar-refractivity contribution is -0.114. The first-order valence-corrected chi connectivity index (χ1v) is 11.0. The molecule has 0 saturated carbocycles. The standard InChI is InChI=1S/C28H20O2S/c1-3-20(29)13-17-9-10-18-11-12-26-27(24(18)14-17)25-16-19(15-21(30)4-2)22-7-5-6-8-23(22)28(25)31-26/h3-12,14,16H,1-2,13,15H2. The molecule has 0 N–H and O–H groups in total. The van der Waals surface area contributed by atoms with Gasteiger partial charge in [-0.05, 0) is 57.0 Å². The van der Waals surface area contributed by atoms with Crippen LogP contribution in [0.3, 0.4) is 0 Å². The topological polar surface area (TPSA) is 34.1 Å². The zero-order chi connectivity index (χ0) is 21.5. The molecule has 2 nitrogen and oxygen atoms in total. The van der Waals surface area contributed by atoms with Crippen molar-refractivity contribution in [2.45, 2.75) is 12.8 Å². The Hall–Kier alpha value is -3.56. The van der Waals surface area contributed by atoms with Gasteiger partial charge in [0.25, 0.3) is 0 Å². The average molecular weight is 421 g/mol. The molecule has 0 fully saturated rings. The third-order valence-electron chi connectivity index (χ3n) is 5.81. The first-order valence-electron chi connectivity index (χ1n) is 10.2. The molecular weight excluding hydrogens is 400 g/mol. The minimum atomic E-state index is 0.0120. The van der Waals surface area contributed by atoms with Crippen molar-refractivity contribution in [3.8, 4) is 0 Å². The van der Waals surface area contributed by atoms with E-state index in [9.17, 15) is 9.59 Å². The maximum Gasteiger partial charge on any atom is 0.159 e. The molecule has 5 rings (SSSR count). The molecule has 3 heteroatoms.